The summed E-state index contributed by atoms with van der Waals surface area (Å²) < 4.78 is 4.49. The first-order chi connectivity index (χ1) is 9.61. The highest BCUT2D eigenvalue weighted by molar-refractivity contribution is 5.90. The number of anilines is 1. The van der Waals surface area contributed by atoms with E-state index in [4.69, 9.17) is 0 Å². The van der Waals surface area contributed by atoms with Gasteiger partial charge in [0.25, 0.3) is 0 Å². The van der Waals surface area contributed by atoms with Gasteiger partial charge >= 0.3 is 11.7 Å². The van der Waals surface area contributed by atoms with Crippen LogP contribution in [-0.2, 0) is 11.3 Å². The number of nitrogens with zero attached hydrogens (tertiary/aromatic N) is 3. The maximum absolute atomic E-state index is 11.3. The first-order valence-corrected chi connectivity index (χ1v) is 5.56. The highest BCUT2D eigenvalue weighted by Crippen LogP contribution is 2.23. The molecule has 9 nitrogen and oxygen atoms in total. The van der Waals surface area contributed by atoms with Crippen LogP contribution in [0.2, 0.25) is 0 Å². The van der Waals surface area contributed by atoms with Crippen LogP contribution < -0.4 is 5.32 Å². The Hall–Kier alpha value is -2.97. The van der Waals surface area contributed by atoms with Crippen molar-refractivity contribution in [3.63, 3.8) is 0 Å². The second kappa shape index (κ2) is 5.78. The Morgan fingerprint density at radius 3 is 3.00 bits per heavy atom. The molecule has 0 spiro atoms. The fourth-order valence-corrected chi connectivity index (χ4v) is 1.52. The molecule has 0 aliphatic heterocycles. The Labute approximate surface area is 113 Å². The average molecular weight is 277 g/mol. The SMILES string of the molecule is COC(=O)c1cnc(NCc2ccn[nH]2)c([N+](=O)[O-])c1. The minimum absolute atomic E-state index is 0.0197. The van der Waals surface area contributed by atoms with Gasteiger partial charge in [-0.05, 0) is 6.07 Å². The van der Waals surface area contributed by atoms with Crippen molar-refractivity contribution < 1.29 is 14.5 Å². The van der Waals surface area contributed by atoms with Gasteiger partial charge in [-0.15, -0.1) is 0 Å². The Morgan fingerprint density at radius 1 is 1.60 bits per heavy atom. The fourth-order valence-electron chi connectivity index (χ4n) is 1.52. The van der Waals surface area contributed by atoms with Crippen molar-refractivity contribution in [3.05, 3.63) is 45.9 Å². The fraction of sp³-hybridized carbons (Fsp3) is 0.182. The smallest absolute Gasteiger partial charge is 0.339 e. The third-order valence-electron chi connectivity index (χ3n) is 2.49. The quantitative estimate of drug-likeness (QED) is 0.476. The Morgan fingerprint density at radius 2 is 2.40 bits per heavy atom. The van der Waals surface area contributed by atoms with E-state index < -0.39 is 10.9 Å². The largest absolute Gasteiger partial charge is 0.465 e. The maximum atomic E-state index is 11.3. The molecule has 0 bridgehead atoms. The van der Waals surface area contributed by atoms with Crippen molar-refractivity contribution in [1.82, 2.24) is 15.2 Å². The van der Waals surface area contributed by atoms with E-state index >= 15 is 0 Å². The predicted molar refractivity (Wildman–Crippen MR) is 68.1 cm³/mol. The van der Waals surface area contributed by atoms with Crippen molar-refractivity contribution in [2.75, 3.05) is 12.4 Å². The molecule has 0 saturated carbocycles. The van der Waals surface area contributed by atoms with E-state index in [-0.39, 0.29) is 17.1 Å². The van der Waals surface area contributed by atoms with Gasteiger partial charge in [0.05, 0.1) is 29.8 Å². The molecule has 0 radical (unpaired) electrons. The molecular weight excluding hydrogens is 266 g/mol. The van der Waals surface area contributed by atoms with E-state index in [1.165, 1.54) is 13.3 Å². The molecule has 0 amide bonds. The molecule has 104 valence electrons. The summed E-state index contributed by atoms with van der Waals surface area (Å²) in [5.74, 6) is -0.613. The highest BCUT2D eigenvalue weighted by Gasteiger charge is 2.19. The van der Waals surface area contributed by atoms with Gasteiger partial charge in [0.2, 0.25) is 5.82 Å². The molecule has 9 heteroatoms. The molecule has 20 heavy (non-hydrogen) atoms. The third-order valence-corrected chi connectivity index (χ3v) is 2.49. The number of H-pyrrole nitrogens is 1. The van der Waals surface area contributed by atoms with Gasteiger partial charge in [-0.3, -0.25) is 15.2 Å². The lowest BCUT2D eigenvalue weighted by Crippen LogP contribution is -2.08. The molecule has 2 rings (SSSR count). The molecule has 2 heterocycles. The number of ether oxygens (including phenoxy) is 1. The molecule has 0 aliphatic rings. The molecular formula is C11H11N5O4. The average Bonchev–Trinajstić information content (AvgIpc) is 2.97. The van der Waals surface area contributed by atoms with E-state index in [2.05, 4.69) is 25.2 Å². The number of aromatic nitrogens is 3. The van der Waals surface area contributed by atoms with Crippen LogP contribution in [-0.4, -0.2) is 33.2 Å². The minimum Gasteiger partial charge on any atom is -0.465 e. The van der Waals surface area contributed by atoms with Gasteiger partial charge < -0.3 is 10.1 Å². The van der Waals surface area contributed by atoms with Crippen LogP contribution >= 0.6 is 0 Å². The van der Waals surface area contributed by atoms with Gasteiger partial charge in [-0.25, -0.2) is 9.78 Å². The van der Waals surface area contributed by atoms with Crippen LogP contribution in [0.5, 0.6) is 0 Å². The molecule has 0 saturated heterocycles. The van der Waals surface area contributed by atoms with Crippen molar-refractivity contribution in [2.45, 2.75) is 6.54 Å². The monoisotopic (exact) mass is 277 g/mol. The van der Waals surface area contributed by atoms with E-state index in [1.54, 1.807) is 12.3 Å². The zero-order valence-corrected chi connectivity index (χ0v) is 10.5. The van der Waals surface area contributed by atoms with Crippen LogP contribution in [0.1, 0.15) is 16.1 Å². The normalized spacial score (nSPS) is 10.1. The summed E-state index contributed by atoms with van der Waals surface area (Å²) in [4.78, 5) is 25.6. The Kier molecular flexibility index (Phi) is 3.89. The second-order valence-corrected chi connectivity index (χ2v) is 3.78. The standard InChI is InChI=1S/C11H11N5O4/c1-20-11(17)7-4-9(16(18)19)10(12-5-7)13-6-8-2-3-14-15-8/h2-5H,6H2,1H3,(H,12,13)(H,14,15). The zero-order chi connectivity index (χ0) is 14.5. The number of nitro groups is 1. The topological polar surface area (TPSA) is 123 Å². The van der Waals surface area contributed by atoms with Crippen LogP contribution in [0, 0.1) is 10.1 Å². The summed E-state index contributed by atoms with van der Waals surface area (Å²) in [5.41, 5.74) is 0.469. The number of hydrogen-bond donors (Lipinski definition) is 2. The summed E-state index contributed by atoms with van der Waals surface area (Å²) in [6.07, 6.45) is 2.79. The summed E-state index contributed by atoms with van der Waals surface area (Å²) in [6, 6.07) is 2.84. The summed E-state index contributed by atoms with van der Waals surface area (Å²) in [7, 11) is 1.19. The van der Waals surface area contributed by atoms with Crippen molar-refractivity contribution in [1.29, 1.82) is 0 Å². The molecule has 0 aliphatic carbocycles. The molecule has 2 aromatic heterocycles. The lowest BCUT2D eigenvalue weighted by Gasteiger charge is -2.06. The molecule has 0 unspecified atom stereocenters. The van der Waals surface area contributed by atoms with Crippen LogP contribution in [0.4, 0.5) is 11.5 Å². The summed E-state index contributed by atoms with van der Waals surface area (Å²) in [5, 5.41) is 20.3. The Balaban J connectivity index is 2.23. The number of carbonyl (C=O) groups excluding carboxylic acids is 1. The van der Waals surface area contributed by atoms with Crippen molar-refractivity contribution >= 4 is 17.5 Å². The van der Waals surface area contributed by atoms with Crippen molar-refractivity contribution in [3.8, 4) is 0 Å². The van der Waals surface area contributed by atoms with Crippen LogP contribution in [0.15, 0.2) is 24.5 Å². The third kappa shape index (κ3) is 2.88. The van der Waals surface area contributed by atoms with E-state index in [1.807, 2.05) is 0 Å². The van der Waals surface area contributed by atoms with Crippen LogP contribution in [0.25, 0.3) is 0 Å². The Bertz CT molecular complexity index is 626. The van der Waals surface area contributed by atoms with E-state index in [9.17, 15) is 14.9 Å². The molecule has 2 aromatic rings. The van der Waals surface area contributed by atoms with Crippen molar-refractivity contribution in [2.24, 2.45) is 0 Å². The van der Waals surface area contributed by atoms with E-state index in [0.717, 1.165) is 11.8 Å². The van der Waals surface area contributed by atoms with Gasteiger partial charge in [0.1, 0.15) is 0 Å². The number of hydrogen-bond acceptors (Lipinski definition) is 7. The molecule has 0 atom stereocenters. The van der Waals surface area contributed by atoms with Gasteiger partial charge in [0.15, 0.2) is 0 Å². The summed E-state index contributed by atoms with van der Waals surface area (Å²) >= 11 is 0. The number of methoxy groups -OCH3 is 1. The molecule has 0 aromatic carbocycles. The second-order valence-electron chi connectivity index (χ2n) is 3.78. The molecule has 0 fully saturated rings. The van der Waals surface area contributed by atoms with Gasteiger partial charge in [0, 0.05) is 18.5 Å². The number of carbonyl (C=O) groups is 1. The zero-order valence-electron chi connectivity index (χ0n) is 10.5. The van der Waals surface area contributed by atoms with E-state index in [0.29, 0.717) is 6.54 Å². The highest BCUT2D eigenvalue weighted by atomic mass is 16.6. The van der Waals surface area contributed by atoms with Crippen LogP contribution in [0.3, 0.4) is 0 Å². The number of pyridine rings is 1. The lowest BCUT2D eigenvalue weighted by molar-refractivity contribution is -0.384. The predicted octanol–water partition coefficient (Wildman–Crippen LogP) is 1.11. The van der Waals surface area contributed by atoms with Gasteiger partial charge in [-0.1, -0.05) is 0 Å². The lowest BCUT2D eigenvalue weighted by atomic mass is 10.2. The number of esters is 1. The number of rotatable bonds is 5. The first kappa shape index (κ1) is 13.5. The van der Waals surface area contributed by atoms with Gasteiger partial charge in [-0.2, -0.15) is 5.10 Å². The first-order valence-electron chi connectivity index (χ1n) is 5.56. The summed E-state index contributed by atoms with van der Waals surface area (Å²) in [6.45, 7) is 0.297. The minimum atomic E-state index is -0.680. The number of aromatic amines is 1. The maximum Gasteiger partial charge on any atom is 0.339 e. The number of nitrogens with one attached hydrogen (secondary N) is 2. The molecule has 2 N–H and O–H groups in total.